The Morgan fingerprint density at radius 2 is 2.06 bits per heavy atom. The van der Waals surface area contributed by atoms with Gasteiger partial charge in [-0.15, -0.1) is 0 Å². The Morgan fingerprint density at radius 3 is 2.80 bits per heavy atom. The summed E-state index contributed by atoms with van der Waals surface area (Å²) >= 11 is 3.45. The van der Waals surface area contributed by atoms with Crippen LogP contribution in [-0.2, 0) is 0 Å². The van der Waals surface area contributed by atoms with Crippen LogP contribution in [0.4, 0.5) is 5.95 Å². The Labute approximate surface area is 210 Å². The quantitative estimate of drug-likeness (QED) is 0.279. The highest BCUT2D eigenvalue weighted by molar-refractivity contribution is 9.10. The normalized spacial score (nSPS) is 11.2. The molecule has 0 atom stereocenters. The number of aromatic nitrogens is 4. The van der Waals surface area contributed by atoms with E-state index in [-0.39, 0.29) is 17.3 Å². The Bertz CT molecular complexity index is 1390. The zero-order chi connectivity index (χ0) is 25.1. The molecule has 4 rings (SSSR count). The minimum Gasteiger partial charge on any atom is -0.491 e. The topological polar surface area (TPSA) is 131 Å². The third-order valence-corrected chi connectivity index (χ3v) is 5.85. The number of para-hydroxylation sites is 1. The summed E-state index contributed by atoms with van der Waals surface area (Å²) in [4.78, 5) is 39.2. The van der Waals surface area contributed by atoms with E-state index in [1.807, 2.05) is 57.4 Å². The predicted molar refractivity (Wildman–Crippen MR) is 137 cm³/mol. The number of benzene rings is 2. The number of primary amides is 1. The van der Waals surface area contributed by atoms with Crippen molar-refractivity contribution in [3.05, 3.63) is 64.1 Å². The van der Waals surface area contributed by atoms with Gasteiger partial charge in [0.1, 0.15) is 23.3 Å². The van der Waals surface area contributed by atoms with Crippen LogP contribution in [0, 0.1) is 6.92 Å². The van der Waals surface area contributed by atoms with Crippen LogP contribution in [0.1, 0.15) is 33.0 Å². The van der Waals surface area contributed by atoms with Gasteiger partial charge in [-0.1, -0.05) is 28.1 Å². The van der Waals surface area contributed by atoms with Crippen LogP contribution >= 0.6 is 15.9 Å². The first-order chi connectivity index (χ1) is 16.7. The lowest BCUT2D eigenvalue weighted by Gasteiger charge is -2.12. The highest BCUT2D eigenvalue weighted by atomic mass is 79.9. The number of anilines is 1. The van der Waals surface area contributed by atoms with Gasteiger partial charge in [-0.25, -0.2) is 9.97 Å². The fraction of sp³-hybridized carbons (Fsp3) is 0.250. The minimum atomic E-state index is -0.806. The number of carbonyl (C=O) groups is 2. The van der Waals surface area contributed by atoms with Crippen molar-refractivity contribution in [1.82, 2.24) is 24.4 Å². The SMILES string of the molecule is Cc1ccc(Br)cc1-n1cnc(C(N)=O)c1C(=O)Nc1nc2c(OCCCN(C)C)cccc2[nH]1. The third-order valence-electron chi connectivity index (χ3n) is 5.36. The first-order valence-corrected chi connectivity index (χ1v) is 11.7. The van der Waals surface area contributed by atoms with Gasteiger partial charge in [0, 0.05) is 11.0 Å². The van der Waals surface area contributed by atoms with Crippen LogP contribution < -0.4 is 15.8 Å². The maximum Gasteiger partial charge on any atom is 0.277 e. The van der Waals surface area contributed by atoms with E-state index in [1.54, 1.807) is 0 Å². The van der Waals surface area contributed by atoms with Crippen molar-refractivity contribution in [3.8, 4) is 11.4 Å². The van der Waals surface area contributed by atoms with Gasteiger partial charge in [0.2, 0.25) is 5.95 Å². The molecule has 0 radical (unpaired) electrons. The van der Waals surface area contributed by atoms with Crippen LogP contribution in [0.2, 0.25) is 0 Å². The lowest BCUT2D eigenvalue weighted by Crippen LogP contribution is -2.23. The van der Waals surface area contributed by atoms with Gasteiger partial charge >= 0.3 is 0 Å². The highest BCUT2D eigenvalue weighted by Gasteiger charge is 2.25. The monoisotopic (exact) mass is 539 g/mol. The van der Waals surface area contributed by atoms with Crippen molar-refractivity contribution in [2.45, 2.75) is 13.3 Å². The van der Waals surface area contributed by atoms with Crippen molar-refractivity contribution < 1.29 is 14.3 Å². The zero-order valence-corrected chi connectivity index (χ0v) is 21.2. The van der Waals surface area contributed by atoms with Crippen molar-refractivity contribution in [3.63, 3.8) is 0 Å². The average Bonchev–Trinajstić information content (AvgIpc) is 3.42. The van der Waals surface area contributed by atoms with Crippen LogP contribution in [0.25, 0.3) is 16.7 Å². The zero-order valence-electron chi connectivity index (χ0n) is 19.6. The lowest BCUT2D eigenvalue weighted by atomic mass is 10.2. The third kappa shape index (κ3) is 5.36. The molecule has 0 saturated heterocycles. The second kappa shape index (κ2) is 10.3. The molecule has 2 heterocycles. The molecule has 0 aliphatic heterocycles. The molecule has 0 fully saturated rings. The summed E-state index contributed by atoms with van der Waals surface area (Å²) in [5.74, 6) is -0.558. The molecular weight excluding hydrogens is 514 g/mol. The van der Waals surface area contributed by atoms with Gasteiger partial charge < -0.3 is 20.4 Å². The number of amides is 2. The number of fused-ring (bicyclic) bond motifs is 1. The molecule has 35 heavy (non-hydrogen) atoms. The summed E-state index contributed by atoms with van der Waals surface area (Å²) in [6.45, 7) is 3.34. The van der Waals surface area contributed by atoms with Gasteiger partial charge in [0.15, 0.2) is 5.69 Å². The van der Waals surface area contributed by atoms with Crippen molar-refractivity contribution >= 4 is 44.7 Å². The molecular formula is C24H26BrN7O3. The number of halogens is 1. The van der Waals surface area contributed by atoms with E-state index >= 15 is 0 Å². The van der Waals surface area contributed by atoms with Gasteiger partial charge in [0.05, 0.1) is 17.8 Å². The number of aryl methyl sites for hydroxylation is 1. The number of imidazole rings is 2. The standard InChI is InChI=1S/C24H26BrN7O3/c1-14-8-9-15(25)12-17(14)32-13-27-20(22(26)33)21(32)23(34)30-24-28-16-6-4-7-18(19(16)29-24)35-11-5-10-31(2)3/h4,6-9,12-13H,5,10-11H2,1-3H3,(H2,26,33)(H2,28,29,30,34). The number of ether oxygens (including phenoxy) is 1. The van der Waals surface area contributed by atoms with Gasteiger partial charge in [0.25, 0.3) is 11.8 Å². The lowest BCUT2D eigenvalue weighted by molar-refractivity contribution is 0.0970. The molecule has 2 amide bonds. The molecule has 182 valence electrons. The van der Waals surface area contributed by atoms with Crippen LogP contribution in [0.15, 0.2) is 47.2 Å². The molecule has 0 aliphatic carbocycles. The molecule has 0 spiro atoms. The van der Waals surface area contributed by atoms with Gasteiger partial charge in [-0.3, -0.25) is 19.5 Å². The number of carbonyl (C=O) groups excluding carboxylic acids is 2. The van der Waals surface area contributed by atoms with E-state index < -0.39 is 11.8 Å². The second-order valence-electron chi connectivity index (χ2n) is 8.30. The number of nitrogens with two attached hydrogens (primary N) is 1. The first-order valence-electron chi connectivity index (χ1n) is 11.0. The average molecular weight is 540 g/mol. The minimum absolute atomic E-state index is 0.0133. The summed E-state index contributed by atoms with van der Waals surface area (Å²) in [5.41, 5.74) is 8.26. The number of nitrogens with one attached hydrogen (secondary N) is 2. The number of nitrogens with zero attached hydrogens (tertiary/aromatic N) is 4. The molecule has 11 heteroatoms. The van der Waals surface area contributed by atoms with Crippen molar-refractivity contribution in [2.24, 2.45) is 5.73 Å². The van der Waals surface area contributed by atoms with Gasteiger partial charge in [-0.2, -0.15) is 0 Å². The number of hydrogen-bond acceptors (Lipinski definition) is 6. The maximum absolute atomic E-state index is 13.3. The van der Waals surface area contributed by atoms with Crippen LogP contribution in [0.3, 0.4) is 0 Å². The number of H-pyrrole nitrogens is 1. The fourth-order valence-electron chi connectivity index (χ4n) is 3.68. The van der Waals surface area contributed by atoms with E-state index in [0.29, 0.717) is 29.1 Å². The number of rotatable bonds is 9. The molecule has 10 nitrogen and oxygen atoms in total. The molecule has 4 aromatic rings. The summed E-state index contributed by atoms with van der Waals surface area (Å²) in [7, 11) is 4.02. The Balaban J connectivity index is 1.63. The van der Waals surface area contributed by atoms with Crippen LogP contribution in [0.5, 0.6) is 5.75 Å². The van der Waals surface area contributed by atoms with E-state index in [9.17, 15) is 9.59 Å². The molecule has 2 aromatic heterocycles. The molecule has 4 N–H and O–H groups in total. The summed E-state index contributed by atoms with van der Waals surface area (Å²) in [5, 5.41) is 2.73. The van der Waals surface area contributed by atoms with E-state index in [4.69, 9.17) is 10.5 Å². The summed E-state index contributed by atoms with van der Waals surface area (Å²) in [6.07, 6.45) is 2.27. The molecule has 2 aromatic carbocycles. The molecule has 0 aliphatic rings. The number of hydrogen-bond donors (Lipinski definition) is 3. The Hall–Kier alpha value is -3.70. The van der Waals surface area contributed by atoms with E-state index in [0.717, 1.165) is 23.0 Å². The Kier molecular flexibility index (Phi) is 7.17. The highest BCUT2D eigenvalue weighted by Crippen LogP contribution is 2.27. The van der Waals surface area contributed by atoms with Gasteiger partial charge in [-0.05, 0) is 57.3 Å². The largest absolute Gasteiger partial charge is 0.491 e. The molecule has 0 bridgehead atoms. The summed E-state index contributed by atoms with van der Waals surface area (Å²) in [6, 6.07) is 11.1. The summed E-state index contributed by atoms with van der Waals surface area (Å²) < 4.78 is 8.26. The fourth-order valence-corrected chi connectivity index (χ4v) is 4.03. The predicted octanol–water partition coefficient (Wildman–Crippen LogP) is 3.50. The van der Waals surface area contributed by atoms with Crippen molar-refractivity contribution in [2.75, 3.05) is 32.6 Å². The molecule has 0 saturated carbocycles. The maximum atomic E-state index is 13.3. The first kappa shape index (κ1) is 24.4. The van der Waals surface area contributed by atoms with E-state index in [1.165, 1.54) is 10.9 Å². The number of aromatic amines is 1. The Morgan fingerprint density at radius 1 is 1.26 bits per heavy atom. The van der Waals surface area contributed by atoms with Crippen molar-refractivity contribution in [1.29, 1.82) is 0 Å². The van der Waals surface area contributed by atoms with Crippen LogP contribution in [-0.4, -0.2) is 63.5 Å². The van der Waals surface area contributed by atoms with E-state index in [2.05, 4.69) is 41.1 Å². The smallest absolute Gasteiger partial charge is 0.277 e. The second-order valence-corrected chi connectivity index (χ2v) is 9.22. The molecule has 0 unspecified atom stereocenters.